The van der Waals surface area contributed by atoms with Gasteiger partial charge in [0, 0.05) is 18.2 Å². The Kier molecular flexibility index (Phi) is 12.0. The Bertz CT molecular complexity index is 1390. The minimum atomic E-state index is -0.367. The topological polar surface area (TPSA) is 72.5 Å². The lowest BCUT2D eigenvalue weighted by Gasteiger charge is -2.06. The summed E-state index contributed by atoms with van der Waals surface area (Å²) in [7, 11) is 0. The zero-order valence-electron chi connectivity index (χ0n) is 23.9. The highest BCUT2D eigenvalue weighted by molar-refractivity contribution is 6.33. The van der Waals surface area contributed by atoms with Crippen molar-refractivity contribution < 1.29 is 23.5 Å². The maximum absolute atomic E-state index is 13.0. The molecule has 0 radical (unpaired) electrons. The van der Waals surface area contributed by atoms with Crippen LogP contribution in [0, 0.1) is 5.82 Å². The quantitative estimate of drug-likeness (QED) is 0.0787. The second-order valence-electron chi connectivity index (χ2n) is 10.7. The highest BCUT2D eigenvalue weighted by atomic mass is 19.1. The summed E-state index contributed by atoms with van der Waals surface area (Å²) >= 11 is 0. The minimum absolute atomic E-state index is 0.136. The van der Waals surface area contributed by atoms with Gasteiger partial charge in [0.1, 0.15) is 5.82 Å². The molecule has 5 nitrogen and oxygen atoms in total. The number of ether oxygens (including phenoxy) is 1. The summed E-state index contributed by atoms with van der Waals surface area (Å²) in [5.74, 6) is -1.20. The zero-order chi connectivity index (χ0) is 29.6. The number of amides is 2. The fraction of sp³-hybridized carbons (Fsp3) is 0.306. The first kappa shape index (κ1) is 30.8. The van der Waals surface area contributed by atoms with Gasteiger partial charge in [-0.3, -0.25) is 19.7 Å². The third-order valence-electron chi connectivity index (χ3n) is 7.33. The van der Waals surface area contributed by atoms with E-state index in [0.29, 0.717) is 17.7 Å². The van der Waals surface area contributed by atoms with Crippen LogP contribution in [-0.4, -0.2) is 24.2 Å². The Balaban J connectivity index is 0.984. The molecule has 1 N–H and O–H groups in total. The normalized spacial score (nSPS) is 13.0. The molecule has 1 heterocycles. The molecule has 3 aromatic rings. The highest BCUT2D eigenvalue weighted by Gasteiger charge is 2.21. The third kappa shape index (κ3) is 10.0. The van der Waals surface area contributed by atoms with Crippen LogP contribution in [0.2, 0.25) is 0 Å². The fourth-order valence-corrected chi connectivity index (χ4v) is 4.87. The molecule has 0 aromatic heterocycles. The van der Waals surface area contributed by atoms with E-state index >= 15 is 0 Å². The summed E-state index contributed by atoms with van der Waals surface area (Å²) < 4.78 is 18.8. The van der Waals surface area contributed by atoms with Gasteiger partial charge >= 0.3 is 0 Å². The van der Waals surface area contributed by atoms with Gasteiger partial charge < -0.3 is 4.74 Å². The summed E-state index contributed by atoms with van der Waals surface area (Å²) in [6.45, 7) is 1.28. The number of ketones is 1. The van der Waals surface area contributed by atoms with Crippen molar-refractivity contribution >= 4 is 29.2 Å². The number of nitrogens with one attached hydrogen (secondary N) is 1. The maximum Gasteiger partial charge on any atom is 0.258 e. The SMILES string of the molecule is O=C1C=C(c2ccc(COCCCCCCCCCCc3ccc(C=CC(=O)c4ccc(F)cc4)cc3)cc2)C(=O)N1. The number of carbonyl (C=O) groups excluding carboxylic acids is 3. The van der Waals surface area contributed by atoms with Crippen LogP contribution in [0.3, 0.4) is 0 Å². The van der Waals surface area contributed by atoms with Crippen LogP contribution in [0.1, 0.15) is 84.0 Å². The molecule has 218 valence electrons. The zero-order valence-corrected chi connectivity index (χ0v) is 23.9. The fourth-order valence-electron chi connectivity index (χ4n) is 4.87. The summed E-state index contributed by atoms with van der Waals surface area (Å²) in [4.78, 5) is 35.3. The first-order valence-corrected chi connectivity index (χ1v) is 14.8. The van der Waals surface area contributed by atoms with Gasteiger partial charge in [0.15, 0.2) is 5.78 Å². The maximum atomic E-state index is 13.0. The molecule has 0 spiro atoms. The van der Waals surface area contributed by atoms with Gasteiger partial charge in [-0.2, -0.15) is 0 Å². The summed E-state index contributed by atoms with van der Waals surface area (Å²) in [5, 5.41) is 2.26. The molecule has 0 saturated heterocycles. The van der Waals surface area contributed by atoms with Crippen LogP contribution in [0.25, 0.3) is 11.6 Å². The van der Waals surface area contributed by atoms with Gasteiger partial charge in [-0.25, -0.2) is 4.39 Å². The minimum Gasteiger partial charge on any atom is -0.377 e. The van der Waals surface area contributed by atoms with Gasteiger partial charge in [0.05, 0.1) is 12.2 Å². The van der Waals surface area contributed by atoms with Crippen molar-refractivity contribution in [2.75, 3.05) is 6.61 Å². The molecule has 6 heteroatoms. The summed E-state index contributed by atoms with van der Waals surface area (Å²) in [6, 6.07) is 21.5. The van der Waals surface area contributed by atoms with Crippen LogP contribution in [0.5, 0.6) is 0 Å². The number of hydrogen-bond acceptors (Lipinski definition) is 4. The lowest BCUT2D eigenvalue weighted by atomic mass is 10.0. The largest absolute Gasteiger partial charge is 0.377 e. The molecule has 0 aliphatic carbocycles. The number of aryl methyl sites for hydroxylation is 1. The predicted octanol–water partition coefficient (Wildman–Crippen LogP) is 7.64. The van der Waals surface area contributed by atoms with Gasteiger partial charge in [0.2, 0.25) is 0 Å². The number of unbranched alkanes of at least 4 members (excludes halogenated alkanes) is 7. The van der Waals surface area contributed by atoms with E-state index in [1.807, 2.05) is 36.4 Å². The van der Waals surface area contributed by atoms with Crippen LogP contribution in [0.15, 0.2) is 84.9 Å². The van der Waals surface area contributed by atoms with Crippen LogP contribution in [-0.2, 0) is 27.4 Å². The summed E-state index contributed by atoms with van der Waals surface area (Å²) in [5.41, 5.74) is 4.95. The number of hydrogen-bond donors (Lipinski definition) is 1. The molecule has 3 aromatic carbocycles. The molecule has 2 amide bonds. The van der Waals surface area contributed by atoms with E-state index in [4.69, 9.17) is 4.74 Å². The van der Waals surface area contributed by atoms with Crippen molar-refractivity contribution in [1.29, 1.82) is 0 Å². The molecule has 1 aliphatic rings. The van der Waals surface area contributed by atoms with Crippen LogP contribution < -0.4 is 5.32 Å². The molecule has 0 bridgehead atoms. The molecule has 0 fully saturated rings. The second-order valence-corrected chi connectivity index (χ2v) is 10.7. The summed E-state index contributed by atoms with van der Waals surface area (Å²) in [6.07, 6.45) is 15.4. The number of benzene rings is 3. The Morgan fingerprint density at radius 1 is 0.738 bits per heavy atom. The highest BCUT2D eigenvalue weighted by Crippen LogP contribution is 2.19. The van der Waals surface area contributed by atoms with Crippen molar-refractivity contribution in [3.8, 4) is 0 Å². The van der Waals surface area contributed by atoms with E-state index in [-0.39, 0.29) is 23.4 Å². The second kappa shape index (κ2) is 16.3. The van der Waals surface area contributed by atoms with Gasteiger partial charge in [0.25, 0.3) is 11.8 Å². The molecule has 4 rings (SSSR count). The van der Waals surface area contributed by atoms with Crippen molar-refractivity contribution in [3.63, 3.8) is 0 Å². The Morgan fingerprint density at radius 3 is 2.00 bits per heavy atom. The third-order valence-corrected chi connectivity index (χ3v) is 7.33. The standard InChI is InChI=1S/C36H38FNO4/c37-32-21-19-31(20-22-32)34(39)23-16-28-12-10-27(11-13-28)9-7-5-3-1-2-4-6-8-24-42-26-29-14-17-30(18-15-29)33-25-35(40)38-36(33)41/h10-23,25H,1-9,24,26H2,(H,38,40,41). The molecule has 0 saturated carbocycles. The smallest absolute Gasteiger partial charge is 0.258 e. The van der Waals surface area contributed by atoms with Crippen molar-refractivity contribution in [2.45, 2.75) is 64.4 Å². The first-order valence-electron chi connectivity index (χ1n) is 14.8. The number of allylic oxidation sites excluding steroid dienone is 1. The Hall–Kier alpha value is -4.16. The first-order chi connectivity index (χ1) is 20.5. The monoisotopic (exact) mass is 567 g/mol. The Labute approximate surface area is 247 Å². The number of imide groups is 1. The van der Waals surface area contributed by atoms with Crippen LogP contribution in [0.4, 0.5) is 4.39 Å². The van der Waals surface area contributed by atoms with Gasteiger partial charge in [-0.05, 0) is 71.9 Å². The molecule has 42 heavy (non-hydrogen) atoms. The average Bonchev–Trinajstić information content (AvgIpc) is 3.35. The van der Waals surface area contributed by atoms with E-state index in [0.717, 1.165) is 36.1 Å². The predicted molar refractivity (Wildman–Crippen MR) is 164 cm³/mol. The molecular weight excluding hydrogens is 529 g/mol. The average molecular weight is 568 g/mol. The van der Waals surface area contributed by atoms with E-state index in [2.05, 4.69) is 17.4 Å². The lowest BCUT2D eigenvalue weighted by Crippen LogP contribution is -2.21. The van der Waals surface area contributed by atoms with Crippen molar-refractivity contribution in [2.24, 2.45) is 0 Å². The van der Waals surface area contributed by atoms with E-state index in [1.165, 1.54) is 86.9 Å². The van der Waals surface area contributed by atoms with E-state index < -0.39 is 0 Å². The van der Waals surface area contributed by atoms with E-state index in [1.54, 1.807) is 6.08 Å². The van der Waals surface area contributed by atoms with Crippen LogP contribution >= 0.6 is 0 Å². The molecule has 0 atom stereocenters. The van der Waals surface area contributed by atoms with Gasteiger partial charge in [-0.15, -0.1) is 0 Å². The lowest BCUT2D eigenvalue weighted by molar-refractivity contribution is -0.123. The molecular formula is C36H38FNO4. The van der Waals surface area contributed by atoms with E-state index in [9.17, 15) is 18.8 Å². The number of carbonyl (C=O) groups is 3. The molecule has 1 aliphatic heterocycles. The Morgan fingerprint density at radius 2 is 1.36 bits per heavy atom. The molecule has 0 unspecified atom stereocenters. The van der Waals surface area contributed by atoms with Crippen molar-refractivity contribution in [1.82, 2.24) is 5.32 Å². The van der Waals surface area contributed by atoms with Gasteiger partial charge in [-0.1, -0.05) is 93.1 Å². The van der Waals surface area contributed by atoms with Crippen molar-refractivity contribution in [3.05, 3.63) is 119 Å². The number of halogens is 1. The number of rotatable bonds is 17.